The zero-order chi connectivity index (χ0) is 15.4. The highest BCUT2D eigenvalue weighted by molar-refractivity contribution is 7.99. The first kappa shape index (κ1) is 15.0. The molecule has 22 heavy (non-hydrogen) atoms. The second-order valence-electron chi connectivity index (χ2n) is 5.03. The Hall–Kier alpha value is -1.95. The average Bonchev–Trinajstić information content (AvgIpc) is 3.06. The molecule has 2 aromatic rings. The standard InChI is InChI=1S/C16H19N3O2S/c1-2-21-13-5-3-12(4-6-13)14-11-15(18-17-14)16(20)19-7-9-22-10-8-19/h3-6,11H,2,7-10H2,1H3,(H,17,18). The summed E-state index contributed by atoms with van der Waals surface area (Å²) in [5, 5.41) is 7.12. The normalized spacial score (nSPS) is 14.9. The van der Waals surface area contributed by atoms with Gasteiger partial charge in [-0.2, -0.15) is 16.9 Å². The quantitative estimate of drug-likeness (QED) is 0.942. The lowest BCUT2D eigenvalue weighted by atomic mass is 10.1. The fourth-order valence-electron chi connectivity index (χ4n) is 2.40. The molecule has 0 radical (unpaired) electrons. The minimum absolute atomic E-state index is 0.0324. The van der Waals surface area contributed by atoms with Gasteiger partial charge in [-0.1, -0.05) is 0 Å². The van der Waals surface area contributed by atoms with Gasteiger partial charge in [0.25, 0.3) is 5.91 Å². The fourth-order valence-corrected chi connectivity index (χ4v) is 3.31. The maximum absolute atomic E-state index is 12.4. The molecular weight excluding hydrogens is 298 g/mol. The zero-order valence-corrected chi connectivity index (χ0v) is 13.4. The number of aromatic nitrogens is 2. The van der Waals surface area contributed by atoms with Crippen LogP contribution in [-0.4, -0.2) is 52.2 Å². The minimum atomic E-state index is 0.0324. The van der Waals surface area contributed by atoms with Crippen molar-refractivity contribution in [3.05, 3.63) is 36.0 Å². The molecule has 116 valence electrons. The van der Waals surface area contributed by atoms with Crippen molar-refractivity contribution in [3.63, 3.8) is 0 Å². The largest absolute Gasteiger partial charge is 0.494 e. The van der Waals surface area contributed by atoms with E-state index in [-0.39, 0.29) is 5.91 Å². The molecular formula is C16H19N3O2S. The molecule has 1 aliphatic rings. The summed E-state index contributed by atoms with van der Waals surface area (Å²) in [6.45, 7) is 4.22. The molecule has 1 saturated heterocycles. The van der Waals surface area contributed by atoms with Crippen LogP contribution >= 0.6 is 11.8 Å². The summed E-state index contributed by atoms with van der Waals surface area (Å²) in [6.07, 6.45) is 0. The van der Waals surface area contributed by atoms with Crippen molar-refractivity contribution >= 4 is 17.7 Å². The van der Waals surface area contributed by atoms with Gasteiger partial charge in [0.1, 0.15) is 11.4 Å². The van der Waals surface area contributed by atoms with Gasteiger partial charge in [-0.15, -0.1) is 0 Å². The smallest absolute Gasteiger partial charge is 0.271 e. The van der Waals surface area contributed by atoms with Crippen LogP contribution in [-0.2, 0) is 0 Å². The summed E-state index contributed by atoms with van der Waals surface area (Å²) in [4.78, 5) is 14.3. The monoisotopic (exact) mass is 317 g/mol. The number of rotatable bonds is 4. The highest BCUT2D eigenvalue weighted by Gasteiger charge is 2.20. The lowest BCUT2D eigenvalue weighted by Crippen LogP contribution is -2.38. The number of carbonyl (C=O) groups is 1. The first-order valence-electron chi connectivity index (χ1n) is 7.43. The molecule has 1 aromatic carbocycles. The van der Waals surface area contributed by atoms with Gasteiger partial charge in [-0.25, -0.2) is 0 Å². The van der Waals surface area contributed by atoms with E-state index in [1.54, 1.807) is 0 Å². The molecule has 1 fully saturated rings. The molecule has 0 aliphatic carbocycles. The Balaban J connectivity index is 1.73. The Kier molecular flexibility index (Phi) is 4.68. The van der Waals surface area contributed by atoms with Gasteiger partial charge in [-0.3, -0.25) is 9.89 Å². The first-order valence-corrected chi connectivity index (χ1v) is 8.59. The summed E-state index contributed by atoms with van der Waals surface area (Å²) in [7, 11) is 0. The van der Waals surface area contributed by atoms with E-state index in [0.717, 1.165) is 41.6 Å². The van der Waals surface area contributed by atoms with E-state index < -0.39 is 0 Å². The van der Waals surface area contributed by atoms with E-state index in [9.17, 15) is 4.79 Å². The number of ether oxygens (including phenoxy) is 1. The second kappa shape index (κ2) is 6.87. The SMILES string of the molecule is CCOc1ccc(-c2cc(C(=O)N3CCSCC3)[nH]n2)cc1. The van der Waals surface area contributed by atoms with E-state index in [4.69, 9.17) is 4.74 Å². The summed E-state index contributed by atoms with van der Waals surface area (Å²) in [6, 6.07) is 9.55. The molecule has 1 amide bonds. The molecule has 2 heterocycles. The number of carbonyl (C=O) groups excluding carboxylic acids is 1. The van der Waals surface area contributed by atoms with Crippen molar-refractivity contribution in [1.82, 2.24) is 15.1 Å². The summed E-state index contributed by atoms with van der Waals surface area (Å²) >= 11 is 1.89. The summed E-state index contributed by atoms with van der Waals surface area (Å²) in [5.74, 6) is 2.88. The Morgan fingerprint density at radius 3 is 2.73 bits per heavy atom. The van der Waals surface area contributed by atoms with Crippen LogP contribution < -0.4 is 4.74 Å². The van der Waals surface area contributed by atoms with Crippen LogP contribution in [0.3, 0.4) is 0 Å². The topological polar surface area (TPSA) is 58.2 Å². The van der Waals surface area contributed by atoms with Crippen molar-refractivity contribution in [2.75, 3.05) is 31.2 Å². The third kappa shape index (κ3) is 3.27. The van der Waals surface area contributed by atoms with Crippen molar-refractivity contribution in [2.45, 2.75) is 6.92 Å². The van der Waals surface area contributed by atoms with Gasteiger partial charge in [0.15, 0.2) is 0 Å². The predicted molar refractivity (Wildman–Crippen MR) is 88.4 cm³/mol. The number of hydrogen-bond donors (Lipinski definition) is 1. The zero-order valence-electron chi connectivity index (χ0n) is 12.5. The maximum atomic E-state index is 12.4. The molecule has 0 bridgehead atoms. The second-order valence-corrected chi connectivity index (χ2v) is 6.25. The molecule has 3 rings (SSSR count). The molecule has 6 heteroatoms. The van der Waals surface area contributed by atoms with Crippen LogP contribution in [0.2, 0.25) is 0 Å². The molecule has 0 atom stereocenters. The van der Waals surface area contributed by atoms with Crippen LogP contribution in [0.5, 0.6) is 5.75 Å². The number of nitrogens with one attached hydrogen (secondary N) is 1. The average molecular weight is 317 g/mol. The number of nitrogens with zero attached hydrogens (tertiary/aromatic N) is 2. The molecule has 0 spiro atoms. The van der Waals surface area contributed by atoms with Crippen molar-refractivity contribution in [2.24, 2.45) is 0 Å². The number of thioether (sulfide) groups is 1. The number of benzene rings is 1. The van der Waals surface area contributed by atoms with E-state index in [2.05, 4.69) is 10.2 Å². The molecule has 1 aliphatic heterocycles. The van der Waals surface area contributed by atoms with Crippen LogP contribution in [0, 0.1) is 0 Å². The Labute approximate surface area is 134 Å². The maximum Gasteiger partial charge on any atom is 0.271 e. The molecule has 1 aromatic heterocycles. The third-order valence-electron chi connectivity index (χ3n) is 3.57. The van der Waals surface area contributed by atoms with Gasteiger partial charge >= 0.3 is 0 Å². The van der Waals surface area contributed by atoms with Crippen LogP contribution in [0.4, 0.5) is 0 Å². The number of hydrogen-bond acceptors (Lipinski definition) is 4. The van der Waals surface area contributed by atoms with E-state index in [1.807, 2.05) is 53.9 Å². The van der Waals surface area contributed by atoms with E-state index in [1.165, 1.54) is 0 Å². The minimum Gasteiger partial charge on any atom is -0.494 e. The van der Waals surface area contributed by atoms with Gasteiger partial charge in [0, 0.05) is 30.2 Å². The first-order chi connectivity index (χ1) is 10.8. The van der Waals surface area contributed by atoms with Crippen molar-refractivity contribution in [1.29, 1.82) is 0 Å². The Bertz CT molecular complexity index is 633. The lowest BCUT2D eigenvalue weighted by molar-refractivity contribution is 0.0766. The molecule has 0 saturated carbocycles. The van der Waals surface area contributed by atoms with Gasteiger partial charge in [0.2, 0.25) is 0 Å². The number of aromatic amines is 1. The number of H-pyrrole nitrogens is 1. The van der Waals surface area contributed by atoms with Gasteiger partial charge in [-0.05, 0) is 37.3 Å². The summed E-state index contributed by atoms with van der Waals surface area (Å²) < 4.78 is 5.43. The fraction of sp³-hybridized carbons (Fsp3) is 0.375. The third-order valence-corrected chi connectivity index (χ3v) is 4.51. The summed E-state index contributed by atoms with van der Waals surface area (Å²) in [5.41, 5.74) is 2.29. The highest BCUT2D eigenvalue weighted by Crippen LogP contribution is 2.22. The van der Waals surface area contributed by atoms with E-state index in [0.29, 0.717) is 12.3 Å². The van der Waals surface area contributed by atoms with Crippen LogP contribution in [0.15, 0.2) is 30.3 Å². The van der Waals surface area contributed by atoms with Gasteiger partial charge < -0.3 is 9.64 Å². The van der Waals surface area contributed by atoms with Crippen molar-refractivity contribution in [3.8, 4) is 17.0 Å². The van der Waals surface area contributed by atoms with Crippen LogP contribution in [0.25, 0.3) is 11.3 Å². The predicted octanol–water partition coefficient (Wildman–Crippen LogP) is 2.66. The van der Waals surface area contributed by atoms with Crippen LogP contribution in [0.1, 0.15) is 17.4 Å². The number of amides is 1. The Morgan fingerprint density at radius 1 is 1.32 bits per heavy atom. The van der Waals surface area contributed by atoms with Crippen molar-refractivity contribution < 1.29 is 9.53 Å². The van der Waals surface area contributed by atoms with E-state index >= 15 is 0 Å². The Morgan fingerprint density at radius 2 is 2.05 bits per heavy atom. The lowest BCUT2D eigenvalue weighted by Gasteiger charge is -2.25. The van der Waals surface area contributed by atoms with Gasteiger partial charge in [0.05, 0.1) is 12.3 Å². The highest BCUT2D eigenvalue weighted by atomic mass is 32.2. The molecule has 1 N–H and O–H groups in total. The molecule has 0 unspecified atom stereocenters. The molecule has 5 nitrogen and oxygen atoms in total.